The van der Waals surface area contributed by atoms with Gasteiger partial charge in [0.2, 0.25) is 0 Å². The van der Waals surface area contributed by atoms with Crippen LogP contribution in [0.25, 0.3) is 0 Å². The lowest BCUT2D eigenvalue weighted by Crippen LogP contribution is -2.71. The van der Waals surface area contributed by atoms with E-state index in [1.165, 1.54) is 0 Å². The summed E-state index contributed by atoms with van der Waals surface area (Å²) < 4.78 is 21.6. The standard InChI is InChI=1S/C18H25NO14/c20-5-9-11(22)13(24)15(26)17(30-9)33-18(16(27)14(25)12(23)10(6-21)32-18)31-8-3-1-7(2-4-8)19(28)29/h1-4,9-17,20-27H,5-6H2/t9-,10-,11+,12+,13+,14+,15-,16-,17-,18+/m1/s1. The lowest BCUT2D eigenvalue weighted by atomic mass is 9.97. The maximum atomic E-state index is 10.9. The third-order valence-electron chi connectivity index (χ3n) is 5.35. The van der Waals surface area contributed by atoms with Crippen LogP contribution in [-0.2, 0) is 14.2 Å². The maximum absolute atomic E-state index is 10.9. The van der Waals surface area contributed by atoms with Crippen LogP contribution in [0.4, 0.5) is 5.69 Å². The Balaban J connectivity index is 1.97. The van der Waals surface area contributed by atoms with E-state index in [0.29, 0.717) is 0 Å². The lowest BCUT2D eigenvalue weighted by Gasteiger charge is -2.49. The van der Waals surface area contributed by atoms with Gasteiger partial charge in [-0.25, -0.2) is 0 Å². The van der Waals surface area contributed by atoms with Gasteiger partial charge in [-0.15, -0.1) is 0 Å². The van der Waals surface area contributed by atoms with E-state index < -0.39 is 79.2 Å². The topological polar surface area (TPSA) is 242 Å². The number of aliphatic hydroxyl groups excluding tert-OH is 8. The summed E-state index contributed by atoms with van der Waals surface area (Å²) in [6.45, 7) is -1.68. The summed E-state index contributed by atoms with van der Waals surface area (Å²) in [4.78, 5) is 10.2. The number of non-ortho nitro benzene ring substituents is 1. The Morgan fingerprint density at radius 2 is 1.45 bits per heavy atom. The summed E-state index contributed by atoms with van der Waals surface area (Å²) in [5.74, 6) is -3.00. The van der Waals surface area contributed by atoms with E-state index in [9.17, 15) is 51.0 Å². The molecular formula is C18H25NO14. The number of ether oxygens (including phenoxy) is 4. The molecule has 2 fully saturated rings. The SMILES string of the molecule is O=[N+]([O-])c1ccc(O[C@]2(O[C@H]3O[C@H](CO)[C@H](O)[C@H](O)[C@H]3O)O[C@H](CO)[C@H](O)[C@H](O)[C@H]2O)cc1. The Morgan fingerprint density at radius 1 is 0.879 bits per heavy atom. The van der Waals surface area contributed by atoms with Crippen LogP contribution in [0.15, 0.2) is 24.3 Å². The van der Waals surface area contributed by atoms with Crippen molar-refractivity contribution < 1.29 is 64.7 Å². The van der Waals surface area contributed by atoms with Crippen molar-refractivity contribution in [1.29, 1.82) is 0 Å². The fourth-order valence-corrected chi connectivity index (χ4v) is 3.44. The average Bonchev–Trinajstić information content (AvgIpc) is 2.80. The number of hydrogen-bond acceptors (Lipinski definition) is 14. The molecule has 15 heteroatoms. The summed E-state index contributed by atoms with van der Waals surface area (Å²) in [5.41, 5.74) is -0.306. The number of hydrogen-bond donors (Lipinski definition) is 8. The minimum Gasteiger partial charge on any atom is -0.437 e. The van der Waals surface area contributed by atoms with Crippen LogP contribution in [0.2, 0.25) is 0 Å². The molecule has 0 spiro atoms. The summed E-state index contributed by atoms with van der Waals surface area (Å²) in [6, 6.07) is 4.28. The van der Waals surface area contributed by atoms with Gasteiger partial charge in [0, 0.05) is 12.1 Å². The van der Waals surface area contributed by atoms with Crippen LogP contribution < -0.4 is 4.74 Å². The van der Waals surface area contributed by atoms with E-state index in [0.717, 1.165) is 24.3 Å². The van der Waals surface area contributed by atoms with E-state index >= 15 is 0 Å². The Labute approximate surface area is 185 Å². The highest BCUT2D eigenvalue weighted by Gasteiger charge is 2.60. The zero-order valence-electron chi connectivity index (χ0n) is 16.9. The van der Waals surface area contributed by atoms with Gasteiger partial charge in [0.1, 0.15) is 48.5 Å². The highest BCUT2D eigenvalue weighted by atomic mass is 16.9. The molecule has 8 N–H and O–H groups in total. The molecule has 1 aromatic carbocycles. The normalized spacial score (nSPS) is 41.5. The number of nitro groups is 1. The maximum Gasteiger partial charge on any atom is 0.360 e. The molecule has 1 aromatic rings. The highest BCUT2D eigenvalue weighted by molar-refractivity contribution is 5.36. The van der Waals surface area contributed by atoms with Crippen molar-refractivity contribution in [3.63, 3.8) is 0 Å². The van der Waals surface area contributed by atoms with Gasteiger partial charge in [-0.05, 0) is 12.1 Å². The van der Waals surface area contributed by atoms with Crippen LogP contribution in [0.1, 0.15) is 0 Å². The molecule has 15 nitrogen and oxygen atoms in total. The average molecular weight is 479 g/mol. The molecule has 2 saturated heterocycles. The molecule has 2 aliphatic heterocycles. The third kappa shape index (κ3) is 4.93. The molecule has 0 radical (unpaired) electrons. The van der Waals surface area contributed by atoms with Gasteiger partial charge in [-0.2, -0.15) is 0 Å². The molecule has 0 amide bonds. The van der Waals surface area contributed by atoms with Crippen LogP contribution in [0.5, 0.6) is 5.75 Å². The first-order valence-corrected chi connectivity index (χ1v) is 9.79. The van der Waals surface area contributed by atoms with Crippen LogP contribution in [0.3, 0.4) is 0 Å². The quantitative estimate of drug-likeness (QED) is 0.105. The van der Waals surface area contributed by atoms with E-state index in [1.807, 2.05) is 0 Å². The minimum atomic E-state index is -2.80. The number of benzene rings is 1. The fourth-order valence-electron chi connectivity index (χ4n) is 3.44. The summed E-state index contributed by atoms with van der Waals surface area (Å²) in [6.07, 6.45) is -16.5. The largest absolute Gasteiger partial charge is 0.437 e. The van der Waals surface area contributed by atoms with Crippen LogP contribution in [-0.4, -0.2) is 120 Å². The molecule has 2 aliphatic rings. The first-order chi connectivity index (χ1) is 15.5. The summed E-state index contributed by atoms with van der Waals surface area (Å²) >= 11 is 0. The monoisotopic (exact) mass is 479 g/mol. The van der Waals surface area contributed by atoms with Crippen molar-refractivity contribution in [3.05, 3.63) is 34.4 Å². The highest BCUT2D eigenvalue weighted by Crippen LogP contribution is 2.37. The molecule has 3 rings (SSSR count). The van der Waals surface area contributed by atoms with Crippen molar-refractivity contribution in [3.8, 4) is 5.75 Å². The predicted octanol–water partition coefficient (Wildman–Crippen LogP) is -4.08. The van der Waals surface area contributed by atoms with Gasteiger partial charge in [0.15, 0.2) is 12.4 Å². The van der Waals surface area contributed by atoms with Crippen molar-refractivity contribution >= 4 is 5.69 Å². The molecule has 186 valence electrons. The number of nitrogens with zero attached hydrogens (tertiary/aromatic N) is 1. The molecule has 0 aliphatic carbocycles. The van der Waals surface area contributed by atoms with E-state index in [-0.39, 0.29) is 11.4 Å². The van der Waals surface area contributed by atoms with Crippen LogP contribution >= 0.6 is 0 Å². The molecule has 2 heterocycles. The van der Waals surface area contributed by atoms with Gasteiger partial charge in [0.05, 0.1) is 18.1 Å². The fraction of sp³-hybridized carbons (Fsp3) is 0.667. The smallest absolute Gasteiger partial charge is 0.360 e. The Kier molecular flexibility index (Phi) is 7.82. The zero-order chi connectivity index (χ0) is 24.5. The van der Waals surface area contributed by atoms with E-state index in [1.54, 1.807) is 0 Å². The first kappa shape index (κ1) is 25.6. The third-order valence-corrected chi connectivity index (χ3v) is 5.35. The van der Waals surface area contributed by atoms with Crippen molar-refractivity contribution in [2.75, 3.05) is 13.2 Å². The van der Waals surface area contributed by atoms with E-state index in [4.69, 9.17) is 18.9 Å². The number of aliphatic hydroxyl groups is 8. The molecular weight excluding hydrogens is 454 g/mol. The molecule has 0 aromatic heterocycles. The molecule has 33 heavy (non-hydrogen) atoms. The second-order valence-electron chi connectivity index (χ2n) is 7.54. The van der Waals surface area contributed by atoms with Crippen molar-refractivity contribution in [2.45, 2.75) is 61.1 Å². The minimum absolute atomic E-state index is 0.204. The second kappa shape index (κ2) is 10.1. The van der Waals surface area contributed by atoms with Gasteiger partial charge in [0.25, 0.3) is 5.69 Å². The molecule has 10 atom stereocenters. The Morgan fingerprint density at radius 3 is 2.00 bits per heavy atom. The van der Waals surface area contributed by atoms with Crippen molar-refractivity contribution in [2.24, 2.45) is 0 Å². The van der Waals surface area contributed by atoms with Gasteiger partial charge < -0.3 is 55.1 Å². The summed E-state index contributed by atoms with van der Waals surface area (Å²) in [5, 5.41) is 91.0. The number of rotatable bonds is 7. The Bertz CT molecular complexity index is 806. The van der Waals surface area contributed by atoms with Crippen molar-refractivity contribution in [1.82, 2.24) is 0 Å². The molecule has 0 saturated carbocycles. The van der Waals surface area contributed by atoms with Gasteiger partial charge >= 0.3 is 5.97 Å². The van der Waals surface area contributed by atoms with E-state index in [2.05, 4.69) is 0 Å². The predicted molar refractivity (Wildman–Crippen MR) is 101 cm³/mol. The second-order valence-corrected chi connectivity index (χ2v) is 7.54. The molecule has 0 unspecified atom stereocenters. The van der Waals surface area contributed by atoms with Crippen LogP contribution in [0, 0.1) is 10.1 Å². The first-order valence-electron chi connectivity index (χ1n) is 9.79. The lowest BCUT2D eigenvalue weighted by molar-refractivity contribution is -0.478. The van der Waals surface area contributed by atoms with Gasteiger partial charge in [-0.1, -0.05) is 0 Å². The number of nitro benzene ring substituents is 1. The molecule has 0 bridgehead atoms. The Hall–Kier alpha value is -2.02. The summed E-state index contributed by atoms with van der Waals surface area (Å²) in [7, 11) is 0. The zero-order valence-corrected chi connectivity index (χ0v) is 16.9. The van der Waals surface area contributed by atoms with Gasteiger partial charge in [-0.3, -0.25) is 14.9 Å².